The maximum Gasteiger partial charge on any atom is 0.0397 e. The highest BCUT2D eigenvalue weighted by Gasteiger charge is 1.78. The second-order valence-electron chi connectivity index (χ2n) is 0.995. The Kier molecular flexibility index (Phi) is 9.65. The van der Waals surface area contributed by atoms with Crippen LogP contribution in [0.2, 0.25) is 0 Å². The van der Waals surface area contributed by atoms with E-state index < -0.39 is 0 Å². The van der Waals surface area contributed by atoms with Crippen LogP contribution in [0.25, 0.3) is 0 Å². The molecule has 40 valence electrons. The third-order valence-corrected chi connectivity index (χ3v) is 1.10. The van der Waals surface area contributed by atoms with E-state index in [1.54, 1.807) is 7.11 Å². The van der Waals surface area contributed by atoms with E-state index in [-0.39, 0.29) is 18.0 Å². The topological polar surface area (TPSA) is 9.23 Å². The Morgan fingerprint density at radius 1 is 1.33 bits per heavy atom. The van der Waals surface area contributed by atoms with Crippen molar-refractivity contribution in [1.29, 1.82) is 0 Å². The fourth-order valence-corrected chi connectivity index (χ4v) is 0. The summed E-state index contributed by atoms with van der Waals surface area (Å²) in [7, 11) is 1.63. The molecule has 0 bridgehead atoms. The van der Waals surface area contributed by atoms with Crippen molar-refractivity contribution in [2.24, 2.45) is 0 Å². The average molecular weight is 126 g/mol. The molecule has 0 spiro atoms. The maximum absolute atomic E-state index is 4.81. The van der Waals surface area contributed by atoms with E-state index >= 15 is 0 Å². The van der Waals surface area contributed by atoms with Crippen LogP contribution in [0, 0.1) is 0 Å². The van der Waals surface area contributed by atoms with Crippen LogP contribution >= 0.6 is 18.0 Å². The van der Waals surface area contributed by atoms with Crippen molar-refractivity contribution in [3.8, 4) is 0 Å². The Morgan fingerprint density at radius 2 is 1.50 bits per heavy atom. The molecule has 0 radical (unpaired) electrons. The quantitative estimate of drug-likeness (QED) is 0.482. The third-order valence-electron chi connectivity index (χ3n) is 0.365. The summed E-state index contributed by atoms with van der Waals surface area (Å²) in [5.41, 5.74) is 0. The lowest BCUT2D eigenvalue weighted by Gasteiger charge is -1.94. The first-order valence-electron chi connectivity index (χ1n) is 1.49. The summed E-state index contributed by atoms with van der Waals surface area (Å²) >= 11 is 0. The lowest BCUT2D eigenvalue weighted by Crippen LogP contribution is -1.65. The predicted molar refractivity (Wildman–Crippen MR) is 36.9 cm³/mol. The van der Waals surface area contributed by atoms with Crippen LogP contribution in [0.5, 0.6) is 0 Å². The number of hydrogen-bond acceptors (Lipinski definition) is 1. The highest BCUT2D eigenvalue weighted by atomic mass is 31.1. The zero-order valence-corrected chi connectivity index (χ0v) is 6.87. The molecule has 1 atom stereocenters. The van der Waals surface area contributed by atoms with Gasteiger partial charge in [0.1, 0.15) is 0 Å². The molecular formula is C3H12OP2. The van der Waals surface area contributed by atoms with E-state index in [1.165, 1.54) is 0 Å². The van der Waals surface area contributed by atoms with Crippen LogP contribution in [-0.4, -0.2) is 20.4 Å². The van der Waals surface area contributed by atoms with Crippen molar-refractivity contribution in [3.63, 3.8) is 0 Å². The lowest BCUT2D eigenvalue weighted by atomic mass is 11.8. The maximum atomic E-state index is 4.81. The molecule has 0 aromatic rings. The molecule has 0 aliphatic heterocycles. The van der Waals surface area contributed by atoms with Gasteiger partial charge in [-0.1, -0.05) is 0 Å². The van der Waals surface area contributed by atoms with Gasteiger partial charge in [0, 0.05) is 15.3 Å². The van der Waals surface area contributed by atoms with Crippen LogP contribution in [0.1, 0.15) is 0 Å². The molecule has 6 heavy (non-hydrogen) atoms. The predicted octanol–water partition coefficient (Wildman–Crippen LogP) is 1.35. The summed E-state index contributed by atoms with van der Waals surface area (Å²) in [6.45, 7) is 4.13. The molecule has 1 nitrogen and oxygen atoms in total. The van der Waals surface area contributed by atoms with Gasteiger partial charge in [-0.05, 0) is 13.3 Å². The highest BCUT2D eigenvalue weighted by molar-refractivity contribution is 7.50. The monoisotopic (exact) mass is 126 g/mol. The van der Waals surface area contributed by atoms with Gasteiger partial charge in [0.2, 0.25) is 0 Å². The van der Waals surface area contributed by atoms with Crippen LogP contribution in [0.15, 0.2) is 0 Å². The minimum Gasteiger partial charge on any atom is -0.363 e. The van der Waals surface area contributed by atoms with Crippen LogP contribution < -0.4 is 0 Å². The summed E-state index contributed by atoms with van der Waals surface area (Å²) < 4.78 is 4.81. The number of hydrogen-bond donors (Lipinski definition) is 0. The van der Waals surface area contributed by atoms with Gasteiger partial charge in [-0.25, -0.2) is 0 Å². The smallest absolute Gasteiger partial charge is 0.0397 e. The second-order valence-corrected chi connectivity index (χ2v) is 2.98. The van der Waals surface area contributed by atoms with E-state index in [0.717, 1.165) is 0 Å². The first-order chi connectivity index (χ1) is 2.27. The van der Waals surface area contributed by atoms with Crippen molar-refractivity contribution < 1.29 is 4.52 Å². The zero-order chi connectivity index (χ0) is 4.28. The molecule has 0 aromatic heterocycles. The molecular weight excluding hydrogens is 114 g/mol. The third kappa shape index (κ3) is 8.84. The fraction of sp³-hybridized carbons (Fsp3) is 1.00. The van der Waals surface area contributed by atoms with Gasteiger partial charge in [-0.15, -0.1) is 0 Å². The molecule has 0 saturated heterocycles. The fourth-order valence-electron chi connectivity index (χ4n) is 0. The second kappa shape index (κ2) is 5.82. The molecule has 0 aliphatic rings. The Bertz CT molecular complexity index is 22.8. The molecule has 0 rings (SSSR count). The average Bonchev–Trinajstić information content (AvgIpc) is 1.38. The minimum absolute atomic E-state index is 0. The van der Waals surface area contributed by atoms with E-state index in [4.69, 9.17) is 4.52 Å². The summed E-state index contributed by atoms with van der Waals surface area (Å²) in [6.07, 6.45) is 0. The Labute approximate surface area is 43.9 Å². The Morgan fingerprint density at radius 3 is 1.50 bits per heavy atom. The Balaban J connectivity index is 0. The molecule has 0 aliphatic carbocycles. The van der Waals surface area contributed by atoms with Crippen molar-refractivity contribution in [3.05, 3.63) is 0 Å². The first kappa shape index (κ1) is 9.94. The summed E-state index contributed by atoms with van der Waals surface area (Å²) in [6, 6.07) is 0. The molecule has 3 heteroatoms. The Hall–Kier alpha value is 0.820. The highest BCUT2D eigenvalue weighted by Crippen LogP contribution is 2.22. The molecule has 0 saturated carbocycles. The number of rotatable bonds is 1. The standard InChI is InChI=1S/C3H9OP.H3P/c1-4-5(2)3;/h1-3H3;1H3. The van der Waals surface area contributed by atoms with E-state index in [0.29, 0.717) is 0 Å². The van der Waals surface area contributed by atoms with Crippen molar-refractivity contribution in [2.75, 3.05) is 20.4 Å². The van der Waals surface area contributed by atoms with Crippen molar-refractivity contribution >= 4 is 18.0 Å². The van der Waals surface area contributed by atoms with Crippen LogP contribution in [0.4, 0.5) is 0 Å². The van der Waals surface area contributed by atoms with E-state index in [2.05, 4.69) is 13.3 Å². The largest absolute Gasteiger partial charge is 0.363 e. The summed E-state index contributed by atoms with van der Waals surface area (Å²) in [5.74, 6) is 0. The van der Waals surface area contributed by atoms with Crippen molar-refractivity contribution in [2.45, 2.75) is 0 Å². The minimum atomic E-state index is -0.0983. The molecule has 0 N–H and O–H groups in total. The van der Waals surface area contributed by atoms with Gasteiger partial charge in [-0.2, -0.15) is 9.90 Å². The normalized spacial score (nSPS) is 8.00. The van der Waals surface area contributed by atoms with Gasteiger partial charge in [-0.3, -0.25) is 0 Å². The molecule has 0 fully saturated rings. The molecule has 0 aromatic carbocycles. The van der Waals surface area contributed by atoms with Gasteiger partial charge in [0.15, 0.2) is 0 Å². The summed E-state index contributed by atoms with van der Waals surface area (Å²) in [4.78, 5) is 0. The molecule has 0 amide bonds. The SMILES string of the molecule is COP(C)C.P. The van der Waals surface area contributed by atoms with Crippen LogP contribution in [0.3, 0.4) is 0 Å². The lowest BCUT2D eigenvalue weighted by molar-refractivity contribution is 0.468. The van der Waals surface area contributed by atoms with Crippen molar-refractivity contribution in [1.82, 2.24) is 0 Å². The van der Waals surface area contributed by atoms with Gasteiger partial charge in [0.25, 0.3) is 0 Å². The van der Waals surface area contributed by atoms with Crippen LogP contribution in [-0.2, 0) is 4.52 Å². The van der Waals surface area contributed by atoms with Gasteiger partial charge < -0.3 is 4.52 Å². The zero-order valence-electron chi connectivity index (χ0n) is 4.56. The van der Waals surface area contributed by atoms with Gasteiger partial charge >= 0.3 is 0 Å². The van der Waals surface area contributed by atoms with Gasteiger partial charge in [0.05, 0.1) is 0 Å². The summed E-state index contributed by atoms with van der Waals surface area (Å²) in [5, 5.41) is 0. The van der Waals surface area contributed by atoms with E-state index in [9.17, 15) is 0 Å². The molecule has 0 heterocycles. The van der Waals surface area contributed by atoms with E-state index in [1.807, 2.05) is 0 Å². The molecule has 1 unspecified atom stereocenters. The first-order valence-corrected chi connectivity index (χ1v) is 3.64.